The zero-order valence-electron chi connectivity index (χ0n) is 11.2. The van der Waals surface area contributed by atoms with E-state index in [4.69, 9.17) is 9.47 Å². The average Bonchev–Trinajstić information content (AvgIpc) is 2.81. The molecule has 0 amide bonds. The van der Waals surface area contributed by atoms with E-state index >= 15 is 0 Å². The first-order chi connectivity index (χ1) is 9.13. The maximum Gasteiger partial charge on any atom is 0.172 e. The van der Waals surface area contributed by atoms with Crippen LogP contribution in [0.2, 0.25) is 0 Å². The second-order valence-corrected chi connectivity index (χ2v) is 4.14. The molecule has 0 aliphatic rings. The number of para-hydroxylation sites is 1. The van der Waals surface area contributed by atoms with Gasteiger partial charge in [-0.15, -0.1) is 0 Å². The predicted octanol–water partition coefficient (Wildman–Crippen LogP) is 2.21. The lowest BCUT2D eigenvalue weighted by molar-refractivity contribution is 0.101. The van der Waals surface area contributed by atoms with Crippen molar-refractivity contribution in [2.75, 3.05) is 7.11 Å². The Hall–Kier alpha value is -2.30. The second kappa shape index (κ2) is 5.56. The van der Waals surface area contributed by atoms with Gasteiger partial charge in [0.1, 0.15) is 12.4 Å². The van der Waals surface area contributed by atoms with Crippen molar-refractivity contribution in [3.8, 4) is 11.5 Å². The highest BCUT2D eigenvalue weighted by molar-refractivity contribution is 5.97. The summed E-state index contributed by atoms with van der Waals surface area (Å²) in [6.45, 7) is 1.78. The van der Waals surface area contributed by atoms with Crippen LogP contribution in [0.5, 0.6) is 11.5 Å². The number of hydrogen-bond donors (Lipinski definition) is 0. The van der Waals surface area contributed by atoms with Gasteiger partial charge in [0, 0.05) is 19.4 Å². The number of ether oxygens (including phenoxy) is 2. The number of hydrogen-bond acceptors (Lipinski definition) is 4. The Bertz CT molecular complexity index is 590. The molecule has 0 saturated carbocycles. The zero-order chi connectivity index (χ0) is 13.8. The minimum Gasteiger partial charge on any atom is -0.493 e. The van der Waals surface area contributed by atoms with Crippen LogP contribution in [0.25, 0.3) is 0 Å². The first-order valence-corrected chi connectivity index (χ1v) is 5.90. The van der Waals surface area contributed by atoms with Crippen molar-refractivity contribution in [1.82, 2.24) is 9.55 Å². The van der Waals surface area contributed by atoms with Gasteiger partial charge in [0.25, 0.3) is 0 Å². The molecule has 5 nitrogen and oxygen atoms in total. The Morgan fingerprint density at radius 2 is 2.21 bits per heavy atom. The quantitative estimate of drug-likeness (QED) is 0.773. The standard InChI is InChI=1S/C14H16N2O3/c1-10(17)11-5-4-6-12(18-3)14(11)19-9-13-15-7-8-16(13)2/h4-8H,9H2,1-3H3. The molecule has 5 heteroatoms. The molecule has 0 fully saturated rings. The molecule has 0 aliphatic carbocycles. The molecule has 0 atom stereocenters. The van der Waals surface area contributed by atoms with Crippen LogP contribution in [0.3, 0.4) is 0 Å². The molecule has 0 spiro atoms. The summed E-state index contributed by atoms with van der Waals surface area (Å²) in [5, 5.41) is 0. The Labute approximate surface area is 111 Å². The summed E-state index contributed by atoms with van der Waals surface area (Å²) in [5.41, 5.74) is 0.508. The summed E-state index contributed by atoms with van der Waals surface area (Å²) in [5.74, 6) is 1.72. The van der Waals surface area contributed by atoms with E-state index < -0.39 is 0 Å². The number of aromatic nitrogens is 2. The molecule has 1 heterocycles. The Kier molecular flexibility index (Phi) is 3.85. The van der Waals surface area contributed by atoms with Crippen LogP contribution in [-0.4, -0.2) is 22.4 Å². The summed E-state index contributed by atoms with van der Waals surface area (Å²) >= 11 is 0. The molecule has 0 saturated heterocycles. The highest BCUT2D eigenvalue weighted by atomic mass is 16.5. The van der Waals surface area contributed by atoms with E-state index in [1.54, 1.807) is 31.5 Å². The molecule has 0 unspecified atom stereocenters. The molecule has 0 aliphatic heterocycles. The van der Waals surface area contributed by atoms with Gasteiger partial charge in [-0.2, -0.15) is 0 Å². The highest BCUT2D eigenvalue weighted by Crippen LogP contribution is 2.31. The van der Waals surface area contributed by atoms with E-state index in [1.807, 2.05) is 17.8 Å². The molecule has 2 rings (SSSR count). The van der Waals surface area contributed by atoms with Gasteiger partial charge in [-0.1, -0.05) is 6.07 Å². The molecule has 100 valence electrons. The Morgan fingerprint density at radius 1 is 1.42 bits per heavy atom. The van der Waals surface area contributed by atoms with Crippen molar-refractivity contribution in [1.29, 1.82) is 0 Å². The third kappa shape index (κ3) is 2.76. The second-order valence-electron chi connectivity index (χ2n) is 4.14. The largest absolute Gasteiger partial charge is 0.493 e. The molecule has 0 bridgehead atoms. The van der Waals surface area contributed by atoms with E-state index in [0.717, 1.165) is 5.82 Å². The van der Waals surface area contributed by atoms with Crippen LogP contribution in [0.1, 0.15) is 23.1 Å². The van der Waals surface area contributed by atoms with Crippen LogP contribution in [-0.2, 0) is 13.7 Å². The summed E-state index contributed by atoms with van der Waals surface area (Å²) in [6.07, 6.45) is 3.54. The predicted molar refractivity (Wildman–Crippen MR) is 70.5 cm³/mol. The SMILES string of the molecule is COc1cccc(C(C)=O)c1OCc1nccn1C. The van der Waals surface area contributed by atoms with Crippen molar-refractivity contribution >= 4 is 5.78 Å². The number of Topliss-reactive ketones (excluding diaryl/α,β-unsaturated/α-hetero) is 1. The third-order valence-corrected chi connectivity index (χ3v) is 2.84. The van der Waals surface area contributed by atoms with Gasteiger partial charge in [-0.05, 0) is 19.1 Å². The van der Waals surface area contributed by atoms with Gasteiger partial charge in [0.15, 0.2) is 17.3 Å². The molecular weight excluding hydrogens is 244 g/mol. The molecule has 0 radical (unpaired) electrons. The summed E-state index contributed by atoms with van der Waals surface area (Å²) < 4.78 is 12.8. The van der Waals surface area contributed by atoms with Crippen molar-refractivity contribution in [2.24, 2.45) is 7.05 Å². The number of nitrogens with zero attached hydrogens (tertiary/aromatic N) is 2. The maximum absolute atomic E-state index is 11.6. The lowest BCUT2D eigenvalue weighted by Crippen LogP contribution is -2.07. The fraction of sp³-hybridized carbons (Fsp3) is 0.286. The fourth-order valence-corrected chi connectivity index (χ4v) is 1.77. The van der Waals surface area contributed by atoms with Gasteiger partial charge >= 0.3 is 0 Å². The highest BCUT2D eigenvalue weighted by Gasteiger charge is 2.14. The number of carbonyl (C=O) groups is 1. The van der Waals surface area contributed by atoms with Crippen LogP contribution < -0.4 is 9.47 Å². The molecule has 1 aromatic carbocycles. The van der Waals surface area contributed by atoms with Crippen molar-refractivity contribution in [2.45, 2.75) is 13.5 Å². The zero-order valence-corrected chi connectivity index (χ0v) is 11.2. The van der Waals surface area contributed by atoms with Gasteiger partial charge in [-0.3, -0.25) is 4.79 Å². The van der Waals surface area contributed by atoms with E-state index in [9.17, 15) is 4.79 Å². The number of ketones is 1. The first-order valence-electron chi connectivity index (χ1n) is 5.90. The molecular formula is C14H16N2O3. The van der Waals surface area contributed by atoms with Crippen LogP contribution in [0.4, 0.5) is 0 Å². The number of methoxy groups -OCH3 is 1. The van der Waals surface area contributed by atoms with Gasteiger partial charge < -0.3 is 14.0 Å². The van der Waals surface area contributed by atoms with Crippen LogP contribution in [0, 0.1) is 0 Å². The summed E-state index contributed by atoms with van der Waals surface area (Å²) in [4.78, 5) is 15.8. The summed E-state index contributed by atoms with van der Waals surface area (Å²) in [7, 11) is 3.44. The van der Waals surface area contributed by atoms with Gasteiger partial charge in [-0.25, -0.2) is 4.98 Å². The molecule has 2 aromatic rings. The number of benzene rings is 1. The normalized spacial score (nSPS) is 10.3. The fourth-order valence-electron chi connectivity index (χ4n) is 1.77. The van der Waals surface area contributed by atoms with Crippen molar-refractivity contribution < 1.29 is 14.3 Å². The monoisotopic (exact) mass is 260 g/mol. The molecule has 19 heavy (non-hydrogen) atoms. The number of aryl methyl sites for hydroxylation is 1. The smallest absolute Gasteiger partial charge is 0.172 e. The van der Waals surface area contributed by atoms with E-state index in [2.05, 4.69) is 4.98 Å². The minimum absolute atomic E-state index is 0.0614. The van der Waals surface area contributed by atoms with E-state index in [1.165, 1.54) is 6.92 Å². The Morgan fingerprint density at radius 3 is 2.79 bits per heavy atom. The number of carbonyl (C=O) groups excluding carboxylic acids is 1. The van der Waals surface area contributed by atoms with E-state index in [0.29, 0.717) is 17.1 Å². The van der Waals surface area contributed by atoms with Crippen molar-refractivity contribution in [3.05, 3.63) is 42.0 Å². The van der Waals surface area contributed by atoms with Crippen LogP contribution >= 0.6 is 0 Å². The molecule has 1 aromatic heterocycles. The van der Waals surface area contributed by atoms with Crippen molar-refractivity contribution in [3.63, 3.8) is 0 Å². The average molecular weight is 260 g/mol. The topological polar surface area (TPSA) is 53.4 Å². The maximum atomic E-state index is 11.6. The minimum atomic E-state index is -0.0614. The van der Waals surface area contributed by atoms with Crippen LogP contribution in [0.15, 0.2) is 30.6 Å². The number of rotatable bonds is 5. The van der Waals surface area contributed by atoms with Gasteiger partial charge in [0.2, 0.25) is 0 Å². The first kappa shape index (κ1) is 13.1. The van der Waals surface area contributed by atoms with Gasteiger partial charge in [0.05, 0.1) is 12.7 Å². The summed E-state index contributed by atoms with van der Waals surface area (Å²) in [6, 6.07) is 5.25. The lowest BCUT2D eigenvalue weighted by atomic mass is 10.1. The lowest BCUT2D eigenvalue weighted by Gasteiger charge is -2.13. The Balaban J connectivity index is 2.28. The number of imidazole rings is 1. The third-order valence-electron chi connectivity index (χ3n) is 2.84. The molecule has 0 N–H and O–H groups in total. The van der Waals surface area contributed by atoms with E-state index in [-0.39, 0.29) is 12.4 Å².